The van der Waals surface area contributed by atoms with Gasteiger partial charge in [-0.1, -0.05) is 18.2 Å². The van der Waals surface area contributed by atoms with Crippen molar-refractivity contribution in [2.75, 3.05) is 11.4 Å². The van der Waals surface area contributed by atoms with Crippen LogP contribution in [-0.4, -0.2) is 17.4 Å². The smallest absolute Gasteiger partial charge is 0.227 e. The highest BCUT2D eigenvalue weighted by Crippen LogP contribution is 2.33. The van der Waals surface area contributed by atoms with Gasteiger partial charge in [-0.15, -0.1) is 22.7 Å². The van der Waals surface area contributed by atoms with Gasteiger partial charge in [-0.2, -0.15) is 0 Å². The van der Waals surface area contributed by atoms with Gasteiger partial charge in [0.15, 0.2) is 0 Å². The van der Waals surface area contributed by atoms with E-state index in [1.54, 1.807) is 22.7 Å². The lowest BCUT2D eigenvalue weighted by atomic mass is 10.1. The Labute approximate surface area is 136 Å². The third-order valence-corrected chi connectivity index (χ3v) is 5.64. The summed E-state index contributed by atoms with van der Waals surface area (Å²) >= 11 is 3.36. The van der Waals surface area contributed by atoms with Crippen LogP contribution in [0.15, 0.2) is 47.2 Å². The first-order valence-electron chi connectivity index (χ1n) is 7.21. The summed E-state index contributed by atoms with van der Waals surface area (Å²) in [5, 5.41) is 5.20. The Hall–Kier alpha value is -1.98. The molecule has 0 saturated carbocycles. The lowest BCUT2D eigenvalue weighted by molar-refractivity contribution is -0.117. The summed E-state index contributed by atoms with van der Waals surface area (Å²) in [6.45, 7) is 0.819. The maximum atomic E-state index is 11.9. The zero-order chi connectivity index (χ0) is 14.9. The Morgan fingerprint density at radius 1 is 1.14 bits per heavy atom. The number of hydrogen-bond acceptors (Lipinski definition) is 4. The topological polar surface area (TPSA) is 33.2 Å². The molecule has 0 radical (unpaired) electrons. The fourth-order valence-electron chi connectivity index (χ4n) is 2.67. The second-order valence-corrected chi connectivity index (χ2v) is 7.02. The van der Waals surface area contributed by atoms with Crippen molar-refractivity contribution in [3.05, 3.63) is 47.2 Å². The number of thiazole rings is 1. The van der Waals surface area contributed by atoms with Crippen LogP contribution in [0.25, 0.3) is 21.1 Å². The first-order valence-corrected chi connectivity index (χ1v) is 8.97. The van der Waals surface area contributed by atoms with Gasteiger partial charge in [-0.25, -0.2) is 4.98 Å². The minimum absolute atomic E-state index is 0.217. The molecule has 3 aromatic rings. The number of hydrogen-bond donors (Lipinski definition) is 0. The minimum Gasteiger partial charge on any atom is -0.312 e. The molecule has 5 heteroatoms. The molecule has 1 aromatic carbocycles. The number of aromatic nitrogens is 1. The maximum absolute atomic E-state index is 11.9. The predicted molar refractivity (Wildman–Crippen MR) is 92.5 cm³/mol. The summed E-state index contributed by atoms with van der Waals surface area (Å²) in [4.78, 5) is 19.7. The zero-order valence-electron chi connectivity index (χ0n) is 11.9. The van der Waals surface area contributed by atoms with E-state index < -0.39 is 0 Å². The second-order valence-electron chi connectivity index (χ2n) is 5.21. The van der Waals surface area contributed by atoms with Crippen LogP contribution in [0.2, 0.25) is 0 Å². The van der Waals surface area contributed by atoms with Gasteiger partial charge in [0.1, 0.15) is 5.01 Å². The van der Waals surface area contributed by atoms with Crippen molar-refractivity contribution in [2.24, 2.45) is 0 Å². The summed E-state index contributed by atoms with van der Waals surface area (Å²) in [6.07, 6.45) is 1.60. The van der Waals surface area contributed by atoms with E-state index in [4.69, 9.17) is 4.98 Å². The molecule has 2 aromatic heterocycles. The minimum atomic E-state index is 0.217. The van der Waals surface area contributed by atoms with E-state index in [-0.39, 0.29) is 5.91 Å². The molecule has 0 aliphatic carbocycles. The maximum Gasteiger partial charge on any atom is 0.227 e. The van der Waals surface area contributed by atoms with Crippen molar-refractivity contribution in [1.82, 2.24) is 4.98 Å². The van der Waals surface area contributed by atoms with E-state index >= 15 is 0 Å². The average Bonchev–Trinajstić information content (AvgIpc) is 3.28. The molecule has 1 fully saturated rings. The Bertz CT molecular complexity index is 808. The van der Waals surface area contributed by atoms with Gasteiger partial charge in [0, 0.05) is 29.6 Å². The molecule has 110 valence electrons. The number of carbonyl (C=O) groups excluding carboxylic acids is 1. The standard InChI is InChI=1S/C17H14N2OS2/c20-16-7-2-8-19(16)13-5-1-4-12(10-13)14-11-22-17(18-14)15-6-3-9-21-15/h1,3-6,9-11H,2,7-8H2. The van der Waals surface area contributed by atoms with Crippen LogP contribution in [0.1, 0.15) is 12.8 Å². The third kappa shape index (κ3) is 2.46. The highest BCUT2D eigenvalue weighted by atomic mass is 32.1. The van der Waals surface area contributed by atoms with Crippen LogP contribution in [-0.2, 0) is 4.79 Å². The van der Waals surface area contributed by atoms with Gasteiger partial charge in [0.2, 0.25) is 5.91 Å². The first kappa shape index (κ1) is 13.7. The largest absolute Gasteiger partial charge is 0.312 e. The summed E-state index contributed by atoms with van der Waals surface area (Å²) in [5.74, 6) is 0.217. The molecule has 0 bridgehead atoms. The first-order chi connectivity index (χ1) is 10.8. The molecule has 0 atom stereocenters. The van der Waals surface area contributed by atoms with E-state index in [1.165, 1.54) is 4.88 Å². The molecule has 22 heavy (non-hydrogen) atoms. The molecule has 3 nitrogen and oxygen atoms in total. The van der Waals surface area contributed by atoms with Gasteiger partial charge in [-0.3, -0.25) is 4.79 Å². The monoisotopic (exact) mass is 326 g/mol. The number of anilines is 1. The molecule has 1 aliphatic heterocycles. The van der Waals surface area contributed by atoms with Crippen molar-refractivity contribution >= 4 is 34.3 Å². The summed E-state index contributed by atoms with van der Waals surface area (Å²) < 4.78 is 0. The number of nitrogens with zero attached hydrogens (tertiary/aromatic N) is 2. The predicted octanol–water partition coefficient (Wildman–Crippen LogP) is 4.67. The van der Waals surface area contributed by atoms with E-state index in [2.05, 4.69) is 29.0 Å². The van der Waals surface area contributed by atoms with Crippen molar-refractivity contribution in [1.29, 1.82) is 0 Å². The Morgan fingerprint density at radius 2 is 2.09 bits per heavy atom. The molecule has 1 amide bonds. The molecule has 0 unspecified atom stereocenters. The van der Waals surface area contributed by atoms with Gasteiger partial charge in [0.05, 0.1) is 10.6 Å². The van der Waals surface area contributed by atoms with Crippen molar-refractivity contribution in [3.8, 4) is 21.1 Å². The number of benzene rings is 1. The summed E-state index contributed by atoms with van der Waals surface area (Å²) in [5.41, 5.74) is 3.02. The quantitative estimate of drug-likeness (QED) is 0.701. The number of thiophene rings is 1. The fraction of sp³-hybridized carbons (Fsp3) is 0.176. The Balaban J connectivity index is 1.67. The van der Waals surface area contributed by atoms with Crippen molar-refractivity contribution in [2.45, 2.75) is 12.8 Å². The van der Waals surface area contributed by atoms with Crippen LogP contribution >= 0.6 is 22.7 Å². The van der Waals surface area contributed by atoms with Gasteiger partial charge in [0.25, 0.3) is 0 Å². The fourth-order valence-corrected chi connectivity index (χ4v) is 4.32. The lowest BCUT2D eigenvalue weighted by Crippen LogP contribution is -2.23. The summed E-state index contributed by atoms with van der Waals surface area (Å²) in [6, 6.07) is 12.3. The van der Waals surface area contributed by atoms with Crippen LogP contribution in [0.5, 0.6) is 0 Å². The SMILES string of the molecule is O=C1CCCN1c1cccc(-c2csc(-c3cccs3)n2)c1. The molecule has 0 N–H and O–H groups in total. The Kier molecular flexibility index (Phi) is 3.52. The zero-order valence-corrected chi connectivity index (χ0v) is 13.5. The van der Waals surface area contributed by atoms with Crippen LogP contribution in [0.4, 0.5) is 5.69 Å². The summed E-state index contributed by atoms with van der Waals surface area (Å²) in [7, 11) is 0. The highest BCUT2D eigenvalue weighted by molar-refractivity contribution is 7.20. The normalized spacial score (nSPS) is 14.7. The molecule has 0 spiro atoms. The number of carbonyl (C=O) groups is 1. The lowest BCUT2D eigenvalue weighted by Gasteiger charge is -2.16. The number of amides is 1. The van der Waals surface area contributed by atoms with Crippen LogP contribution < -0.4 is 4.90 Å². The van der Waals surface area contributed by atoms with Gasteiger partial charge >= 0.3 is 0 Å². The van der Waals surface area contributed by atoms with Gasteiger partial charge in [-0.05, 0) is 30.0 Å². The van der Waals surface area contributed by atoms with Crippen LogP contribution in [0.3, 0.4) is 0 Å². The second kappa shape index (κ2) is 5.66. The average molecular weight is 326 g/mol. The van der Waals surface area contributed by atoms with Crippen LogP contribution in [0, 0.1) is 0 Å². The van der Waals surface area contributed by atoms with Crippen molar-refractivity contribution in [3.63, 3.8) is 0 Å². The molecule has 3 heterocycles. The Morgan fingerprint density at radius 3 is 2.86 bits per heavy atom. The molecule has 4 rings (SSSR count). The number of rotatable bonds is 3. The highest BCUT2D eigenvalue weighted by Gasteiger charge is 2.22. The molecule has 1 saturated heterocycles. The van der Waals surface area contributed by atoms with E-state index in [1.807, 2.05) is 23.1 Å². The van der Waals surface area contributed by atoms with E-state index in [0.717, 1.165) is 34.9 Å². The van der Waals surface area contributed by atoms with E-state index in [0.29, 0.717) is 6.42 Å². The molecule has 1 aliphatic rings. The van der Waals surface area contributed by atoms with E-state index in [9.17, 15) is 4.79 Å². The van der Waals surface area contributed by atoms with Gasteiger partial charge < -0.3 is 4.90 Å². The third-order valence-electron chi connectivity index (χ3n) is 3.76. The molecular formula is C17H14N2OS2. The van der Waals surface area contributed by atoms with Crippen molar-refractivity contribution < 1.29 is 4.79 Å². The molecular weight excluding hydrogens is 312 g/mol.